The lowest BCUT2D eigenvalue weighted by Crippen LogP contribution is -2.08. The molecule has 1 aromatic heterocycles. The van der Waals surface area contributed by atoms with Crippen molar-refractivity contribution >= 4 is 23.0 Å². The number of nitrogens with one attached hydrogen (secondary N) is 1. The van der Waals surface area contributed by atoms with Crippen LogP contribution in [0.2, 0.25) is 5.15 Å². The van der Waals surface area contributed by atoms with Crippen molar-refractivity contribution in [1.29, 1.82) is 0 Å². The van der Waals surface area contributed by atoms with Gasteiger partial charge in [-0.1, -0.05) is 48.0 Å². The van der Waals surface area contributed by atoms with Gasteiger partial charge in [0.2, 0.25) is 0 Å². The topological polar surface area (TPSA) is 46.5 Å². The van der Waals surface area contributed by atoms with Crippen LogP contribution in [0.4, 0.5) is 5.69 Å². The molecule has 0 saturated carbocycles. The molecule has 2 aromatic carbocycles. The maximum absolute atomic E-state index is 6.26. The minimum atomic E-state index is 0.410. The van der Waals surface area contributed by atoms with Gasteiger partial charge < -0.3 is 4.74 Å². The maximum Gasteiger partial charge on any atom is 0.138 e. The summed E-state index contributed by atoms with van der Waals surface area (Å²) in [5.74, 6) is 0.760. The van der Waals surface area contributed by atoms with Crippen LogP contribution in [0.15, 0.2) is 78.0 Å². The third kappa shape index (κ3) is 3.73. The van der Waals surface area contributed by atoms with Crippen molar-refractivity contribution in [2.75, 3.05) is 12.5 Å². The van der Waals surface area contributed by atoms with Crippen molar-refractivity contribution in [2.24, 2.45) is 5.10 Å². The first-order valence-corrected chi connectivity index (χ1v) is 7.80. The summed E-state index contributed by atoms with van der Waals surface area (Å²) in [6.45, 7) is 0. The second kappa shape index (κ2) is 7.62. The first-order chi connectivity index (χ1) is 11.8. The summed E-state index contributed by atoms with van der Waals surface area (Å²) in [5.41, 5.74) is 6.32. The van der Waals surface area contributed by atoms with Gasteiger partial charge in [0, 0.05) is 23.4 Å². The minimum absolute atomic E-state index is 0.410. The smallest absolute Gasteiger partial charge is 0.138 e. The number of hydrazone groups is 1. The highest BCUT2D eigenvalue weighted by atomic mass is 35.5. The molecule has 0 radical (unpaired) electrons. The standard InChI is InChI=1S/C19H16ClN3O/c1-24-16-10-5-9-15(13-16)22-23-18(14-7-3-2-4-8-14)17-11-6-12-21-19(17)20/h2-13,22H,1H3. The number of hydrogen-bond donors (Lipinski definition) is 1. The highest BCUT2D eigenvalue weighted by molar-refractivity contribution is 6.34. The Hall–Kier alpha value is -2.85. The first-order valence-electron chi connectivity index (χ1n) is 7.42. The average molecular weight is 338 g/mol. The van der Waals surface area contributed by atoms with Crippen molar-refractivity contribution in [3.8, 4) is 5.75 Å². The predicted molar refractivity (Wildman–Crippen MR) is 97.9 cm³/mol. The van der Waals surface area contributed by atoms with Crippen LogP contribution in [0.5, 0.6) is 5.75 Å². The summed E-state index contributed by atoms with van der Waals surface area (Å²) in [4.78, 5) is 4.14. The largest absolute Gasteiger partial charge is 0.497 e. The van der Waals surface area contributed by atoms with Gasteiger partial charge in [-0.25, -0.2) is 4.98 Å². The zero-order chi connectivity index (χ0) is 16.8. The normalized spacial score (nSPS) is 11.2. The maximum atomic E-state index is 6.26. The Bertz CT molecular complexity index is 850. The van der Waals surface area contributed by atoms with E-state index in [4.69, 9.17) is 16.3 Å². The summed E-state index contributed by atoms with van der Waals surface area (Å²) in [6, 6.07) is 21.1. The van der Waals surface area contributed by atoms with Gasteiger partial charge >= 0.3 is 0 Å². The zero-order valence-electron chi connectivity index (χ0n) is 13.1. The van der Waals surface area contributed by atoms with E-state index in [0.29, 0.717) is 5.15 Å². The van der Waals surface area contributed by atoms with Crippen LogP contribution in [0.25, 0.3) is 0 Å². The van der Waals surface area contributed by atoms with E-state index in [2.05, 4.69) is 15.5 Å². The predicted octanol–water partition coefficient (Wildman–Crippen LogP) is 4.61. The molecule has 0 fully saturated rings. The molecular weight excluding hydrogens is 322 g/mol. The number of pyridine rings is 1. The Kier molecular flexibility index (Phi) is 5.08. The Balaban J connectivity index is 2.00. The number of aromatic nitrogens is 1. The Labute approximate surface area is 145 Å². The number of hydrogen-bond acceptors (Lipinski definition) is 4. The summed E-state index contributed by atoms with van der Waals surface area (Å²) in [5, 5.41) is 4.97. The molecule has 0 aliphatic rings. The van der Waals surface area contributed by atoms with Gasteiger partial charge in [0.05, 0.1) is 12.8 Å². The second-order valence-corrected chi connectivity index (χ2v) is 5.37. The van der Waals surface area contributed by atoms with E-state index in [1.165, 1.54) is 0 Å². The van der Waals surface area contributed by atoms with Crippen molar-refractivity contribution in [2.45, 2.75) is 0 Å². The summed E-state index contributed by atoms with van der Waals surface area (Å²) in [7, 11) is 1.63. The van der Waals surface area contributed by atoms with Crippen LogP contribution in [-0.2, 0) is 0 Å². The van der Waals surface area contributed by atoms with Crippen LogP contribution in [-0.4, -0.2) is 17.8 Å². The molecule has 4 nitrogen and oxygen atoms in total. The highest BCUT2D eigenvalue weighted by Crippen LogP contribution is 2.20. The van der Waals surface area contributed by atoms with Crippen LogP contribution < -0.4 is 10.2 Å². The number of nitrogens with zero attached hydrogens (tertiary/aromatic N) is 2. The molecule has 0 unspecified atom stereocenters. The summed E-state index contributed by atoms with van der Waals surface area (Å²) in [6.07, 6.45) is 1.66. The number of anilines is 1. The fourth-order valence-corrected chi connectivity index (χ4v) is 2.46. The average Bonchev–Trinajstić information content (AvgIpc) is 2.64. The molecule has 120 valence electrons. The van der Waals surface area contributed by atoms with E-state index in [-0.39, 0.29) is 0 Å². The Morgan fingerprint density at radius 2 is 1.88 bits per heavy atom. The van der Waals surface area contributed by atoms with Crippen molar-refractivity contribution in [1.82, 2.24) is 4.98 Å². The Morgan fingerprint density at radius 3 is 2.62 bits per heavy atom. The van der Waals surface area contributed by atoms with Crippen LogP contribution in [0, 0.1) is 0 Å². The molecule has 0 bridgehead atoms. The lowest BCUT2D eigenvalue weighted by Gasteiger charge is -2.10. The highest BCUT2D eigenvalue weighted by Gasteiger charge is 2.11. The third-order valence-electron chi connectivity index (χ3n) is 3.43. The van der Waals surface area contributed by atoms with Gasteiger partial charge in [0.1, 0.15) is 16.6 Å². The van der Waals surface area contributed by atoms with E-state index >= 15 is 0 Å². The van der Waals surface area contributed by atoms with E-state index in [9.17, 15) is 0 Å². The first kappa shape index (κ1) is 16.0. The summed E-state index contributed by atoms with van der Waals surface area (Å²) >= 11 is 6.26. The zero-order valence-corrected chi connectivity index (χ0v) is 13.9. The molecule has 0 aliphatic carbocycles. The molecule has 0 spiro atoms. The summed E-state index contributed by atoms with van der Waals surface area (Å²) < 4.78 is 5.23. The molecule has 3 aromatic rings. The molecule has 0 saturated heterocycles. The van der Waals surface area contributed by atoms with Gasteiger partial charge in [0.15, 0.2) is 0 Å². The van der Waals surface area contributed by atoms with Crippen molar-refractivity contribution in [3.05, 3.63) is 89.2 Å². The molecule has 0 amide bonds. The molecule has 24 heavy (non-hydrogen) atoms. The van der Waals surface area contributed by atoms with Gasteiger partial charge in [-0.2, -0.15) is 5.10 Å². The van der Waals surface area contributed by atoms with Crippen LogP contribution in [0.1, 0.15) is 11.1 Å². The fourth-order valence-electron chi connectivity index (χ4n) is 2.25. The quantitative estimate of drug-likeness (QED) is 0.420. The van der Waals surface area contributed by atoms with Crippen molar-refractivity contribution < 1.29 is 4.74 Å². The number of benzene rings is 2. The van der Waals surface area contributed by atoms with Crippen LogP contribution in [0.3, 0.4) is 0 Å². The fraction of sp³-hybridized carbons (Fsp3) is 0.0526. The second-order valence-electron chi connectivity index (χ2n) is 5.01. The van der Waals surface area contributed by atoms with Gasteiger partial charge in [0.25, 0.3) is 0 Å². The lowest BCUT2D eigenvalue weighted by molar-refractivity contribution is 0.415. The van der Waals surface area contributed by atoms with E-state index < -0.39 is 0 Å². The number of rotatable bonds is 5. The molecule has 1 heterocycles. The lowest BCUT2D eigenvalue weighted by atomic mass is 10.0. The number of ether oxygens (including phenoxy) is 1. The van der Waals surface area contributed by atoms with Crippen molar-refractivity contribution in [3.63, 3.8) is 0 Å². The van der Waals surface area contributed by atoms with E-state index in [1.807, 2.05) is 66.7 Å². The molecule has 1 N–H and O–H groups in total. The Morgan fingerprint density at radius 1 is 1.04 bits per heavy atom. The van der Waals surface area contributed by atoms with E-state index in [0.717, 1.165) is 28.3 Å². The SMILES string of the molecule is COc1cccc(NN=C(c2ccccc2)c2cccnc2Cl)c1. The number of halogens is 1. The van der Waals surface area contributed by atoms with Gasteiger partial charge in [-0.3, -0.25) is 5.43 Å². The van der Waals surface area contributed by atoms with Gasteiger partial charge in [-0.05, 0) is 24.3 Å². The molecule has 0 aliphatic heterocycles. The molecule has 0 atom stereocenters. The molecule has 3 rings (SSSR count). The number of methoxy groups -OCH3 is 1. The van der Waals surface area contributed by atoms with Gasteiger partial charge in [-0.15, -0.1) is 0 Å². The third-order valence-corrected chi connectivity index (χ3v) is 3.73. The molecular formula is C19H16ClN3O. The van der Waals surface area contributed by atoms with E-state index in [1.54, 1.807) is 13.3 Å². The minimum Gasteiger partial charge on any atom is -0.497 e. The molecule has 5 heteroatoms. The monoisotopic (exact) mass is 337 g/mol. The van der Waals surface area contributed by atoms with Crippen LogP contribution >= 0.6 is 11.6 Å².